The summed E-state index contributed by atoms with van der Waals surface area (Å²) < 4.78 is 5.75. The van der Waals surface area contributed by atoms with E-state index < -0.39 is 6.04 Å². The molecule has 0 aliphatic heterocycles. The lowest BCUT2D eigenvalue weighted by Crippen LogP contribution is -2.49. The highest BCUT2D eigenvalue weighted by Crippen LogP contribution is 2.14. The molecule has 2 amide bonds. The minimum Gasteiger partial charge on any atom is -0.489 e. The molecular weight excluding hydrogens is 390 g/mol. The number of amides is 2. The molecule has 0 aliphatic carbocycles. The maximum absolute atomic E-state index is 12.7. The van der Waals surface area contributed by atoms with E-state index in [1.165, 1.54) is 0 Å². The van der Waals surface area contributed by atoms with Crippen LogP contribution in [0.15, 0.2) is 79.1 Å². The van der Waals surface area contributed by atoms with Crippen LogP contribution >= 0.6 is 0 Å². The summed E-state index contributed by atoms with van der Waals surface area (Å²) in [6, 6.07) is 19.7. The lowest BCUT2D eigenvalue weighted by Gasteiger charge is -2.22. The van der Waals surface area contributed by atoms with Gasteiger partial charge >= 0.3 is 0 Å². The van der Waals surface area contributed by atoms with Crippen molar-refractivity contribution in [1.29, 1.82) is 0 Å². The quantitative estimate of drug-likeness (QED) is 0.556. The Morgan fingerprint density at radius 1 is 0.935 bits per heavy atom. The van der Waals surface area contributed by atoms with Gasteiger partial charge in [0, 0.05) is 30.1 Å². The number of carbonyl (C=O) groups is 2. The topological polar surface area (TPSA) is 80.3 Å². The molecule has 3 aromatic rings. The number of hydrogen-bond donors (Lipinski definition) is 2. The zero-order chi connectivity index (χ0) is 22.1. The molecule has 0 bridgehead atoms. The van der Waals surface area contributed by atoms with E-state index in [1.54, 1.807) is 36.7 Å². The third kappa shape index (κ3) is 6.67. The molecule has 160 valence electrons. The van der Waals surface area contributed by atoms with E-state index in [4.69, 9.17) is 4.74 Å². The molecule has 1 unspecified atom stereocenters. The normalized spacial score (nSPS) is 11.6. The summed E-state index contributed by atoms with van der Waals surface area (Å²) in [5.41, 5.74) is 2.47. The first-order valence-corrected chi connectivity index (χ1v) is 10.3. The molecule has 2 aromatic carbocycles. The highest BCUT2D eigenvalue weighted by atomic mass is 16.5. The first-order valence-electron chi connectivity index (χ1n) is 10.3. The van der Waals surface area contributed by atoms with E-state index >= 15 is 0 Å². The SMILES string of the molecule is CC(C)C(NC(=O)c1ccccc1)C(=O)NCc1ccc(OCc2cccnc2)cc1. The molecule has 0 aliphatic rings. The van der Waals surface area contributed by atoms with Gasteiger partial charge in [-0.25, -0.2) is 0 Å². The lowest BCUT2D eigenvalue weighted by molar-refractivity contribution is -0.124. The number of aromatic nitrogens is 1. The van der Waals surface area contributed by atoms with Crippen LogP contribution < -0.4 is 15.4 Å². The van der Waals surface area contributed by atoms with Crippen molar-refractivity contribution in [2.75, 3.05) is 0 Å². The van der Waals surface area contributed by atoms with E-state index in [1.807, 2.05) is 56.3 Å². The number of nitrogens with zero attached hydrogens (tertiary/aromatic N) is 1. The van der Waals surface area contributed by atoms with Gasteiger partial charge in [0.15, 0.2) is 0 Å². The molecule has 0 fully saturated rings. The molecule has 0 spiro atoms. The number of ether oxygens (including phenoxy) is 1. The van der Waals surface area contributed by atoms with Crippen molar-refractivity contribution in [3.05, 3.63) is 95.8 Å². The average molecular weight is 418 g/mol. The third-order valence-corrected chi connectivity index (χ3v) is 4.79. The Kier molecular flexibility index (Phi) is 7.76. The standard InChI is InChI=1S/C25H27N3O3/c1-18(2)23(28-24(29)21-8-4-3-5-9-21)25(30)27-16-19-10-12-22(13-11-19)31-17-20-7-6-14-26-15-20/h3-15,18,23H,16-17H2,1-2H3,(H,27,30)(H,28,29). The van der Waals surface area contributed by atoms with Crippen LogP contribution in [0.2, 0.25) is 0 Å². The minimum atomic E-state index is -0.616. The van der Waals surface area contributed by atoms with Crippen molar-refractivity contribution in [2.45, 2.75) is 33.0 Å². The fourth-order valence-electron chi connectivity index (χ4n) is 3.00. The van der Waals surface area contributed by atoms with Gasteiger partial charge in [-0.2, -0.15) is 0 Å². The molecule has 0 radical (unpaired) electrons. The summed E-state index contributed by atoms with van der Waals surface area (Å²) in [7, 11) is 0. The Morgan fingerprint density at radius 2 is 1.68 bits per heavy atom. The largest absolute Gasteiger partial charge is 0.489 e. The Morgan fingerprint density at radius 3 is 2.32 bits per heavy atom. The molecule has 3 rings (SSSR count). The molecule has 2 N–H and O–H groups in total. The Hall–Kier alpha value is -3.67. The second kappa shape index (κ2) is 10.9. The van der Waals surface area contributed by atoms with Crippen LogP contribution in [0.4, 0.5) is 0 Å². The molecule has 6 nitrogen and oxygen atoms in total. The number of benzene rings is 2. The predicted octanol–water partition coefficient (Wildman–Crippen LogP) is 3.73. The molecule has 0 saturated heterocycles. The van der Waals surface area contributed by atoms with E-state index in [9.17, 15) is 9.59 Å². The number of pyridine rings is 1. The van der Waals surface area contributed by atoms with Crippen LogP contribution in [0, 0.1) is 5.92 Å². The van der Waals surface area contributed by atoms with Gasteiger partial charge in [-0.15, -0.1) is 0 Å². The van der Waals surface area contributed by atoms with Gasteiger partial charge < -0.3 is 15.4 Å². The van der Waals surface area contributed by atoms with Crippen LogP contribution in [-0.2, 0) is 17.9 Å². The van der Waals surface area contributed by atoms with E-state index in [0.717, 1.165) is 16.9 Å². The van der Waals surface area contributed by atoms with Crippen molar-refractivity contribution in [2.24, 2.45) is 5.92 Å². The molecular formula is C25H27N3O3. The monoisotopic (exact) mass is 417 g/mol. The number of carbonyl (C=O) groups excluding carboxylic acids is 2. The van der Waals surface area contributed by atoms with Crippen LogP contribution in [0.5, 0.6) is 5.75 Å². The zero-order valence-electron chi connectivity index (χ0n) is 17.7. The van der Waals surface area contributed by atoms with Crippen molar-refractivity contribution < 1.29 is 14.3 Å². The van der Waals surface area contributed by atoms with Crippen LogP contribution in [0.3, 0.4) is 0 Å². The first kappa shape index (κ1) is 22.0. The zero-order valence-corrected chi connectivity index (χ0v) is 17.7. The van der Waals surface area contributed by atoms with Crippen LogP contribution in [-0.4, -0.2) is 22.8 Å². The number of rotatable bonds is 9. The van der Waals surface area contributed by atoms with Crippen LogP contribution in [0.1, 0.15) is 35.3 Å². The fourth-order valence-corrected chi connectivity index (χ4v) is 3.00. The average Bonchev–Trinajstić information content (AvgIpc) is 2.81. The van der Waals surface area contributed by atoms with Crippen molar-refractivity contribution in [1.82, 2.24) is 15.6 Å². The summed E-state index contributed by atoms with van der Waals surface area (Å²) in [5.74, 6) is 0.228. The van der Waals surface area contributed by atoms with E-state index in [-0.39, 0.29) is 17.7 Å². The van der Waals surface area contributed by atoms with Crippen molar-refractivity contribution >= 4 is 11.8 Å². The van der Waals surface area contributed by atoms with Crippen LogP contribution in [0.25, 0.3) is 0 Å². The number of hydrogen-bond acceptors (Lipinski definition) is 4. The first-order chi connectivity index (χ1) is 15.0. The highest BCUT2D eigenvalue weighted by Gasteiger charge is 2.24. The molecule has 0 saturated carbocycles. The van der Waals surface area contributed by atoms with E-state index in [0.29, 0.717) is 18.7 Å². The molecule has 6 heteroatoms. The fraction of sp³-hybridized carbons (Fsp3) is 0.240. The van der Waals surface area contributed by atoms with Gasteiger partial charge in [-0.05, 0) is 41.8 Å². The van der Waals surface area contributed by atoms with Crippen molar-refractivity contribution in [3.8, 4) is 5.75 Å². The lowest BCUT2D eigenvalue weighted by atomic mass is 10.0. The Balaban J connectivity index is 1.51. The maximum atomic E-state index is 12.7. The predicted molar refractivity (Wildman–Crippen MR) is 119 cm³/mol. The van der Waals surface area contributed by atoms with Gasteiger partial charge in [-0.1, -0.05) is 50.2 Å². The molecule has 1 heterocycles. The van der Waals surface area contributed by atoms with Gasteiger partial charge in [0.2, 0.25) is 5.91 Å². The van der Waals surface area contributed by atoms with Gasteiger partial charge in [0.25, 0.3) is 5.91 Å². The van der Waals surface area contributed by atoms with E-state index in [2.05, 4.69) is 15.6 Å². The number of nitrogens with one attached hydrogen (secondary N) is 2. The summed E-state index contributed by atoms with van der Waals surface area (Å²) in [4.78, 5) is 29.2. The second-order valence-electron chi connectivity index (χ2n) is 7.57. The molecule has 31 heavy (non-hydrogen) atoms. The molecule has 1 atom stereocenters. The highest BCUT2D eigenvalue weighted by molar-refractivity contribution is 5.97. The summed E-state index contributed by atoms with van der Waals surface area (Å²) in [5, 5.41) is 5.75. The summed E-state index contributed by atoms with van der Waals surface area (Å²) in [6.07, 6.45) is 3.50. The summed E-state index contributed by atoms with van der Waals surface area (Å²) >= 11 is 0. The Bertz CT molecular complexity index is 974. The van der Waals surface area contributed by atoms with Crippen molar-refractivity contribution in [3.63, 3.8) is 0 Å². The minimum absolute atomic E-state index is 0.0454. The maximum Gasteiger partial charge on any atom is 0.251 e. The van der Waals surface area contributed by atoms with Gasteiger partial charge in [0.05, 0.1) is 0 Å². The van der Waals surface area contributed by atoms with Gasteiger partial charge in [-0.3, -0.25) is 14.6 Å². The third-order valence-electron chi connectivity index (χ3n) is 4.79. The Labute approximate surface area is 182 Å². The van der Waals surface area contributed by atoms with Gasteiger partial charge in [0.1, 0.15) is 18.4 Å². The smallest absolute Gasteiger partial charge is 0.251 e. The molecule has 1 aromatic heterocycles. The summed E-state index contributed by atoms with van der Waals surface area (Å²) in [6.45, 7) is 4.63. The second-order valence-corrected chi connectivity index (χ2v) is 7.57.